The first kappa shape index (κ1) is 18.8. The highest BCUT2D eigenvalue weighted by Crippen LogP contribution is 2.39. The molecule has 1 fully saturated rings. The Morgan fingerprint density at radius 3 is 2.29 bits per heavy atom. The molecule has 0 radical (unpaired) electrons. The van der Waals surface area contributed by atoms with Crippen molar-refractivity contribution < 1.29 is 24.3 Å². The summed E-state index contributed by atoms with van der Waals surface area (Å²) in [5.74, 6) is -1.18. The molecule has 0 aliphatic carbocycles. The largest absolute Gasteiger partial charge is 0.492 e. The molecule has 1 heterocycles. The van der Waals surface area contributed by atoms with Gasteiger partial charge in [-0.3, -0.25) is 0 Å². The number of carbonyl (C=O) groups is 1. The maximum absolute atomic E-state index is 11.2. The summed E-state index contributed by atoms with van der Waals surface area (Å²) in [6, 6.07) is 2.81. The summed E-state index contributed by atoms with van der Waals surface area (Å²) < 4.78 is 11.8. The van der Waals surface area contributed by atoms with E-state index in [1.165, 1.54) is 12.1 Å². The zero-order valence-corrected chi connectivity index (χ0v) is 14.8. The summed E-state index contributed by atoms with van der Waals surface area (Å²) in [5.41, 5.74) is 5.58. The summed E-state index contributed by atoms with van der Waals surface area (Å²) >= 11 is 5.97. The highest BCUT2D eigenvalue weighted by Gasteiger charge is 2.52. The van der Waals surface area contributed by atoms with E-state index in [4.69, 9.17) is 26.6 Å². The fourth-order valence-corrected chi connectivity index (χ4v) is 2.54. The summed E-state index contributed by atoms with van der Waals surface area (Å²) in [4.78, 5) is 11.2. The molecule has 0 bridgehead atoms. The van der Waals surface area contributed by atoms with Gasteiger partial charge in [-0.1, -0.05) is 17.7 Å². The number of aliphatic hydroxyl groups excluding tert-OH is 1. The molecular weight excluding hydrogens is 332 g/mol. The van der Waals surface area contributed by atoms with Gasteiger partial charge in [-0.15, -0.1) is 0 Å². The van der Waals surface area contributed by atoms with Crippen molar-refractivity contribution in [2.24, 2.45) is 0 Å². The standard InChI is InChI=1S/C16H21BClNO5/c1-15(2)16(3,4)24-17(23-15)10(8-20)5-9-6-11(18)7-12(13(9)19)14(21)22/h5-7,20H,8,19H2,1-4H3,(H,21,22). The van der Waals surface area contributed by atoms with Gasteiger partial charge in [-0.25, -0.2) is 4.79 Å². The van der Waals surface area contributed by atoms with E-state index in [2.05, 4.69) is 0 Å². The maximum Gasteiger partial charge on any atom is 0.492 e. The Balaban J connectivity index is 2.44. The van der Waals surface area contributed by atoms with Crippen LogP contribution in [0.1, 0.15) is 43.6 Å². The zero-order valence-electron chi connectivity index (χ0n) is 14.1. The Morgan fingerprint density at radius 2 is 1.83 bits per heavy atom. The normalized spacial score (nSPS) is 19.6. The molecule has 6 nitrogen and oxygen atoms in total. The molecule has 0 unspecified atom stereocenters. The molecule has 0 spiro atoms. The number of aromatic carboxylic acids is 1. The van der Waals surface area contributed by atoms with Crippen LogP contribution in [0, 0.1) is 0 Å². The van der Waals surface area contributed by atoms with Crippen molar-refractivity contribution in [3.05, 3.63) is 33.8 Å². The summed E-state index contributed by atoms with van der Waals surface area (Å²) in [5, 5.41) is 19.1. The summed E-state index contributed by atoms with van der Waals surface area (Å²) in [6.45, 7) is 7.28. The fraction of sp³-hybridized carbons (Fsp3) is 0.438. The molecule has 0 amide bonds. The van der Waals surface area contributed by atoms with Gasteiger partial charge in [0.2, 0.25) is 0 Å². The van der Waals surface area contributed by atoms with Gasteiger partial charge < -0.3 is 25.3 Å². The lowest BCUT2D eigenvalue weighted by Crippen LogP contribution is -2.41. The Kier molecular flexibility index (Phi) is 5.02. The van der Waals surface area contributed by atoms with Gasteiger partial charge >= 0.3 is 13.1 Å². The van der Waals surface area contributed by atoms with Crippen molar-refractivity contribution in [1.82, 2.24) is 0 Å². The highest BCUT2D eigenvalue weighted by atomic mass is 35.5. The van der Waals surface area contributed by atoms with Crippen LogP contribution in [0.15, 0.2) is 17.6 Å². The van der Waals surface area contributed by atoms with Crippen LogP contribution in [0.5, 0.6) is 0 Å². The third kappa shape index (κ3) is 3.44. The van der Waals surface area contributed by atoms with Crippen LogP contribution in [-0.4, -0.2) is 41.1 Å². The molecule has 1 aliphatic heterocycles. The minimum Gasteiger partial charge on any atom is -0.478 e. The van der Waals surface area contributed by atoms with Gasteiger partial charge in [0.25, 0.3) is 0 Å². The summed E-state index contributed by atoms with van der Waals surface area (Å²) in [7, 11) is -0.758. The molecule has 130 valence electrons. The quantitative estimate of drug-likeness (QED) is 0.568. The van der Waals surface area contributed by atoms with E-state index in [-0.39, 0.29) is 22.9 Å². The number of nitrogens with two attached hydrogens (primary N) is 1. The number of hydrogen-bond donors (Lipinski definition) is 3. The third-order valence-electron chi connectivity index (χ3n) is 4.49. The molecular formula is C16H21BClNO5. The van der Waals surface area contributed by atoms with Crippen LogP contribution in [0.25, 0.3) is 6.08 Å². The van der Waals surface area contributed by atoms with Crippen LogP contribution >= 0.6 is 11.6 Å². The Labute approximate surface area is 146 Å². The van der Waals surface area contributed by atoms with Gasteiger partial charge in [-0.05, 0) is 50.9 Å². The number of carboxylic acids is 1. The molecule has 4 N–H and O–H groups in total. The molecule has 1 aromatic rings. The molecule has 0 aromatic heterocycles. The fourth-order valence-electron chi connectivity index (χ4n) is 2.32. The zero-order chi connectivity index (χ0) is 18.3. The lowest BCUT2D eigenvalue weighted by molar-refractivity contribution is 0.00578. The van der Waals surface area contributed by atoms with Gasteiger partial charge in [-0.2, -0.15) is 0 Å². The predicted molar refractivity (Wildman–Crippen MR) is 94.0 cm³/mol. The predicted octanol–water partition coefficient (Wildman–Crippen LogP) is 2.63. The highest BCUT2D eigenvalue weighted by molar-refractivity contribution is 6.55. The van der Waals surface area contributed by atoms with E-state index in [0.717, 1.165) is 0 Å². The van der Waals surface area contributed by atoms with Crippen molar-refractivity contribution in [3.63, 3.8) is 0 Å². The van der Waals surface area contributed by atoms with E-state index < -0.39 is 24.3 Å². The second kappa shape index (κ2) is 6.40. The number of benzene rings is 1. The molecule has 24 heavy (non-hydrogen) atoms. The molecule has 8 heteroatoms. The van der Waals surface area contributed by atoms with Crippen LogP contribution < -0.4 is 5.73 Å². The van der Waals surface area contributed by atoms with Crippen molar-refractivity contribution in [2.45, 2.75) is 38.9 Å². The van der Waals surface area contributed by atoms with Gasteiger partial charge in [0.1, 0.15) is 0 Å². The Bertz CT molecular complexity index is 686. The Hall–Kier alpha value is -1.54. The van der Waals surface area contributed by atoms with Crippen molar-refractivity contribution in [2.75, 3.05) is 12.3 Å². The van der Waals surface area contributed by atoms with Crippen LogP contribution in [0.3, 0.4) is 0 Å². The van der Waals surface area contributed by atoms with Crippen LogP contribution in [0.4, 0.5) is 5.69 Å². The van der Waals surface area contributed by atoms with Crippen LogP contribution in [-0.2, 0) is 9.31 Å². The first-order valence-electron chi connectivity index (χ1n) is 7.48. The van der Waals surface area contributed by atoms with Crippen molar-refractivity contribution >= 4 is 36.5 Å². The first-order valence-corrected chi connectivity index (χ1v) is 7.85. The number of rotatable bonds is 4. The minimum atomic E-state index is -1.18. The number of halogens is 1. The van der Waals surface area contributed by atoms with E-state index in [1.54, 1.807) is 6.08 Å². The number of nitrogen functional groups attached to an aromatic ring is 1. The third-order valence-corrected chi connectivity index (χ3v) is 4.70. The van der Waals surface area contributed by atoms with E-state index in [1.807, 2.05) is 27.7 Å². The number of hydrogen-bond acceptors (Lipinski definition) is 5. The van der Waals surface area contributed by atoms with Crippen LogP contribution in [0.2, 0.25) is 5.02 Å². The lowest BCUT2D eigenvalue weighted by atomic mass is 9.77. The molecule has 2 rings (SSSR count). The Morgan fingerprint density at radius 1 is 1.29 bits per heavy atom. The number of aliphatic hydroxyl groups is 1. The van der Waals surface area contributed by atoms with E-state index in [0.29, 0.717) is 11.0 Å². The second-order valence-corrected chi connectivity index (χ2v) is 7.16. The van der Waals surface area contributed by atoms with E-state index in [9.17, 15) is 15.0 Å². The maximum atomic E-state index is 11.2. The van der Waals surface area contributed by atoms with Gasteiger partial charge in [0.15, 0.2) is 0 Å². The first-order chi connectivity index (χ1) is 11.0. The molecule has 0 saturated carbocycles. The average molecular weight is 354 g/mol. The SMILES string of the molecule is CC1(C)OB(C(=Cc2cc(Cl)cc(C(=O)O)c2N)CO)OC1(C)C. The smallest absolute Gasteiger partial charge is 0.478 e. The van der Waals surface area contributed by atoms with Crippen molar-refractivity contribution in [1.29, 1.82) is 0 Å². The molecule has 0 atom stereocenters. The topological polar surface area (TPSA) is 102 Å². The number of anilines is 1. The number of carboxylic acid groups (broad SMARTS) is 1. The monoisotopic (exact) mass is 353 g/mol. The molecule has 1 aromatic carbocycles. The lowest BCUT2D eigenvalue weighted by Gasteiger charge is -2.32. The second-order valence-electron chi connectivity index (χ2n) is 6.73. The minimum absolute atomic E-state index is 0.0642. The summed E-state index contributed by atoms with van der Waals surface area (Å²) in [6.07, 6.45) is 1.55. The van der Waals surface area contributed by atoms with E-state index >= 15 is 0 Å². The molecule has 1 saturated heterocycles. The van der Waals surface area contributed by atoms with Gasteiger partial charge in [0, 0.05) is 5.02 Å². The average Bonchev–Trinajstić information content (AvgIpc) is 2.67. The van der Waals surface area contributed by atoms with Gasteiger partial charge in [0.05, 0.1) is 29.1 Å². The van der Waals surface area contributed by atoms with Crippen molar-refractivity contribution in [3.8, 4) is 0 Å². The molecule has 1 aliphatic rings.